The Kier molecular flexibility index (Phi) is 5.12. The number of hydrogen-bond donors (Lipinski definition) is 0. The van der Waals surface area contributed by atoms with Crippen molar-refractivity contribution in [2.75, 3.05) is 27.2 Å². The van der Waals surface area contributed by atoms with E-state index in [1.165, 1.54) is 6.92 Å². The Bertz CT molecular complexity index is 798. The molecule has 3 rings (SSSR count). The van der Waals surface area contributed by atoms with Crippen LogP contribution in [0.3, 0.4) is 0 Å². The second kappa shape index (κ2) is 7.03. The molecule has 0 N–H and O–H groups in total. The summed E-state index contributed by atoms with van der Waals surface area (Å²) in [5.74, 6) is -1.19. The molecule has 5 nitrogen and oxygen atoms in total. The lowest BCUT2D eigenvalue weighted by molar-refractivity contribution is -0.156. The van der Waals surface area contributed by atoms with Gasteiger partial charge in [0.25, 0.3) is 5.91 Å². The summed E-state index contributed by atoms with van der Waals surface area (Å²) in [5.41, 5.74) is 0.0650. The van der Waals surface area contributed by atoms with Crippen LogP contribution in [0.25, 0.3) is 10.6 Å². The molecular weight excluding hydrogens is 367 g/mol. The average Bonchev–Trinajstić information content (AvgIpc) is 3.20. The van der Waals surface area contributed by atoms with Crippen LogP contribution in [0.5, 0.6) is 0 Å². The van der Waals surface area contributed by atoms with Crippen molar-refractivity contribution in [3.8, 4) is 10.6 Å². The lowest BCUT2D eigenvalue weighted by Crippen LogP contribution is -2.47. The number of alkyl halides is 3. The molecule has 1 amide bonds. The SMILES string of the molecule is Cc1c(-c2ccc(C(=O)N3CCCC(N(C)C)C3)s2)noc1C(F)(F)F. The van der Waals surface area contributed by atoms with Crippen LogP contribution in [0.2, 0.25) is 0 Å². The topological polar surface area (TPSA) is 49.6 Å². The van der Waals surface area contributed by atoms with E-state index in [-0.39, 0.29) is 17.2 Å². The molecule has 1 fully saturated rings. The van der Waals surface area contributed by atoms with Gasteiger partial charge in [0.15, 0.2) is 0 Å². The summed E-state index contributed by atoms with van der Waals surface area (Å²) in [4.78, 5) is 17.7. The third-order valence-corrected chi connectivity index (χ3v) is 5.73. The van der Waals surface area contributed by atoms with Gasteiger partial charge in [0.1, 0.15) is 5.69 Å². The molecule has 0 saturated carbocycles. The highest BCUT2D eigenvalue weighted by Crippen LogP contribution is 2.38. The Morgan fingerprint density at radius 1 is 1.38 bits per heavy atom. The van der Waals surface area contributed by atoms with E-state index in [1.807, 2.05) is 14.1 Å². The fourth-order valence-corrected chi connectivity index (χ4v) is 4.14. The summed E-state index contributed by atoms with van der Waals surface area (Å²) in [6.45, 7) is 2.67. The molecule has 9 heteroatoms. The summed E-state index contributed by atoms with van der Waals surface area (Å²) < 4.78 is 43.1. The second-order valence-corrected chi connectivity index (χ2v) is 7.74. The van der Waals surface area contributed by atoms with Crippen LogP contribution in [0.1, 0.15) is 33.8 Å². The molecule has 1 aliphatic rings. The van der Waals surface area contributed by atoms with Gasteiger partial charge in [-0.1, -0.05) is 5.16 Å². The lowest BCUT2D eigenvalue weighted by atomic mass is 10.0. The summed E-state index contributed by atoms with van der Waals surface area (Å²) in [5, 5.41) is 3.56. The smallest absolute Gasteiger partial charge is 0.351 e. The first-order valence-electron chi connectivity index (χ1n) is 8.28. The van der Waals surface area contributed by atoms with Crippen molar-refractivity contribution in [2.45, 2.75) is 32.0 Å². The molecule has 3 heterocycles. The van der Waals surface area contributed by atoms with E-state index in [0.29, 0.717) is 28.9 Å². The van der Waals surface area contributed by atoms with Crippen LogP contribution in [0, 0.1) is 6.92 Å². The van der Waals surface area contributed by atoms with Gasteiger partial charge in [0.2, 0.25) is 5.76 Å². The highest BCUT2D eigenvalue weighted by Gasteiger charge is 2.39. The maximum absolute atomic E-state index is 12.9. The predicted molar refractivity (Wildman–Crippen MR) is 92.2 cm³/mol. The minimum Gasteiger partial charge on any atom is -0.351 e. The summed E-state index contributed by atoms with van der Waals surface area (Å²) in [6.07, 6.45) is -2.60. The zero-order valence-corrected chi connectivity index (χ0v) is 15.6. The van der Waals surface area contributed by atoms with E-state index >= 15 is 0 Å². The molecule has 1 atom stereocenters. The van der Waals surface area contributed by atoms with Crippen molar-refractivity contribution < 1.29 is 22.5 Å². The number of amides is 1. The van der Waals surface area contributed by atoms with Gasteiger partial charge in [-0.15, -0.1) is 11.3 Å². The molecule has 26 heavy (non-hydrogen) atoms. The fraction of sp³-hybridized carbons (Fsp3) is 0.529. The maximum atomic E-state index is 12.9. The van der Waals surface area contributed by atoms with E-state index in [9.17, 15) is 18.0 Å². The lowest BCUT2D eigenvalue weighted by Gasteiger charge is -2.35. The van der Waals surface area contributed by atoms with Crippen LogP contribution in [0.4, 0.5) is 13.2 Å². The van der Waals surface area contributed by atoms with Crippen molar-refractivity contribution >= 4 is 17.2 Å². The van der Waals surface area contributed by atoms with Crippen molar-refractivity contribution in [2.24, 2.45) is 0 Å². The van der Waals surface area contributed by atoms with Gasteiger partial charge in [-0.2, -0.15) is 13.2 Å². The monoisotopic (exact) mass is 387 g/mol. The van der Waals surface area contributed by atoms with Crippen molar-refractivity contribution in [3.63, 3.8) is 0 Å². The van der Waals surface area contributed by atoms with E-state index < -0.39 is 11.9 Å². The van der Waals surface area contributed by atoms with Crippen molar-refractivity contribution in [3.05, 3.63) is 28.3 Å². The summed E-state index contributed by atoms with van der Waals surface area (Å²) in [6, 6.07) is 3.58. The van der Waals surface area contributed by atoms with Crippen LogP contribution in [-0.2, 0) is 6.18 Å². The van der Waals surface area contributed by atoms with Crippen LogP contribution < -0.4 is 0 Å². The molecule has 0 radical (unpaired) electrons. The van der Waals surface area contributed by atoms with E-state index in [4.69, 9.17) is 0 Å². The first-order valence-corrected chi connectivity index (χ1v) is 9.09. The molecule has 1 unspecified atom stereocenters. The van der Waals surface area contributed by atoms with Gasteiger partial charge in [-0.25, -0.2) is 0 Å². The standard InChI is InChI=1S/C17H20F3N3O2S/c1-10-14(21-25-15(10)17(18,19)20)12-6-7-13(26-12)16(24)23-8-4-5-11(9-23)22(2)3/h6-7,11H,4-5,8-9H2,1-3H3. The van der Waals surface area contributed by atoms with Gasteiger partial charge in [-0.05, 0) is 46.0 Å². The molecule has 0 aliphatic carbocycles. The Balaban J connectivity index is 1.80. The number of rotatable bonds is 3. The van der Waals surface area contributed by atoms with E-state index in [2.05, 4.69) is 14.6 Å². The molecule has 1 aliphatic heterocycles. The van der Waals surface area contributed by atoms with Gasteiger partial charge < -0.3 is 14.3 Å². The number of carbonyl (C=O) groups excluding carboxylic acids is 1. The number of nitrogens with zero attached hydrogens (tertiary/aromatic N) is 3. The third kappa shape index (κ3) is 3.64. The summed E-state index contributed by atoms with van der Waals surface area (Å²) in [7, 11) is 3.99. The third-order valence-electron chi connectivity index (χ3n) is 4.65. The molecule has 2 aromatic rings. The highest BCUT2D eigenvalue weighted by molar-refractivity contribution is 7.17. The first-order chi connectivity index (χ1) is 12.2. The zero-order valence-electron chi connectivity index (χ0n) is 14.8. The van der Waals surface area contributed by atoms with Crippen LogP contribution in [-0.4, -0.2) is 54.1 Å². The summed E-state index contributed by atoms with van der Waals surface area (Å²) >= 11 is 1.14. The number of carbonyl (C=O) groups is 1. The fourth-order valence-electron chi connectivity index (χ4n) is 3.13. The van der Waals surface area contributed by atoms with Gasteiger partial charge >= 0.3 is 6.18 Å². The first kappa shape index (κ1) is 18.9. The number of halogens is 3. The Morgan fingerprint density at radius 2 is 2.12 bits per heavy atom. The zero-order chi connectivity index (χ0) is 19.1. The minimum atomic E-state index is -4.58. The van der Waals surface area contributed by atoms with Gasteiger partial charge in [0, 0.05) is 24.7 Å². The maximum Gasteiger partial charge on any atom is 0.452 e. The van der Waals surface area contributed by atoms with E-state index in [0.717, 1.165) is 24.2 Å². The Hall–Kier alpha value is -1.87. The van der Waals surface area contributed by atoms with Crippen LogP contribution >= 0.6 is 11.3 Å². The van der Waals surface area contributed by atoms with Crippen molar-refractivity contribution in [1.29, 1.82) is 0 Å². The molecule has 0 aromatic carbocycles. The number of likely N-dealkylation sites (N-methyl/N-ethyl adjacent to an activating group) is 1. The molecular formula is C17H20F3N3O2S. The normalized spacial score (nSPS) is 18.6. The number of aromatic nitrogens is 1. The minimum absolute atomic E-state index is 0.0657. The quantitative estimate of drug-likeness (QED) is 0.802. The number of hydrogen-bond acceptors (Lipinski definition) is 5. The molecule has 1 saturated heterocycles. The Labute approximate surface area is 153 Å². The number of likely N-dealkylation sites (tertiary alicyclic amines) is 1. The number of thiophene rings is 1. The largest absolute Gasteiger partial charge is 0.452 e. The molecule has 142 valence electrons. The molecule has 2 aromatic heterocycles. The van der Waals surface area contributed by atoms with Gasteiger partial charge in [-0.3, -0.25) is 4.79 Å². The Morgan fingerprint density at radius 3 is 2.73 bits per heavy atom. The van der Waals surface area contributed by atoms with Gasteiger partial charge in [0.05, 0.1) is 9.75 Å². The molecule has 0 bridgehead atoms. The van der Waals surface area contributed by atoms with Crippen molar-refractivity contribution in [1.82, 2.24) is 15.0 Å². The number of piperidine rings is 1. The predicted octanol–water partition coefficient (Wildman–Crippen LogP) is 3.90. The highest BCUT2D eigenvalue weighted by atomic mass is 32.1. The average molecular weight is 387 g/mol. The second-order valence-electron chi connectivity index (χ2n) is 6.66. The van der Waals surface area contributed by atoms with Crippen LogP contribution in [0.15, 0.2) is 16.7 Å². The van der Waals surface area contributed by atoms with E-state index in [1.54, 1.807) is 17.0 Å². The molecule has 0 spiro atoms.